The molecule has 0 radical (unpaired) electrons. The second kappa shape index (κ2) is 5.30. The fraction of sp³-hybridized carbons (Fsp3) is 0.385. The van der Waals surface area contributed by atoms with Gasteiger partial charge in [0.1, 0.15) is 0 Å². The fourth-order valence-electron chi connectivity index (χ4n) is 1.95. The van der Waals surface area contributed by atoms with Crippen molar-refractivity contribution >= 4 is 27.7 Å². The van der Waals surface area contributed by atoms with Crippen LogP contribution in [0.2, 0.25) is 0 Å². The van der Waals surface area contributed by atoms with E-state index in [2.05, 4.69) is 21.2 Å². The summed E-state index contributed by atoms with van der Waals surface area (Å²) < 4.78 is 0.810. The second-order valence-electron chi connectivity index (χ2n) is 4.94. The molecular weight excluding hydrogens is 312 g/mol. The second-order valence-corrected chi connectivity index (χ2v) is 5.86. The van der Waals surface area contributed by atoms with Gasteiger partial charge >= 0.3 is 0 Å². The molecule has 0 aromatic heterocycles. The number of carbonyl (C=O) groups excluding carboxylic acids is 2. The molecule has 1 aromatic rings. The zero-order valence-corrected chi connectivity index (χ0v) is 12.1. The van der Waals surface area contributed by atoms with Gasteiger partial charge in [0.25, 0.3) is 5.91 Å². The summed E-state index contributed by atoms with van der Waals surface area (Å²) in [5.74, 6) is -0.475. The molecule has 1 saturated heterocycles. The predicted octanol–water partition coefficient (Wildman–Crippen LogP) is 0.772. The molecule has 2 rings (SSSR count). The van der Waals surface area contributed by atoms with Crippen LogP contribution in [-0.4, -0.2) is 47.1 Å². The van der Waals surface area contributed by atoms with Crippen molar-refractivity contribution in [2.75, 3.05) is 19.6 Å². The summed E-state index contributed by atoms with van der Waals surface area (Å²) in [6.07, 6.45) is 0. The van der Waals surface area contributed by atoms with E-state index < -0.39 is 5.60 Å². The number of nitrogens with one attached hydrogen (secondary N) is 1. The Morgan fingerprint density at radius 1 is 1.47 bits per heavy atom. The van der Waals surface area contributed by atoms with E-state index in [-0.39, 0.29) is 18.4 Å². The number of β-amino-alcohol motifs (C(OH)–C–C–N with tert-alkyl or cyclic N) is 1. The summed E-state index contributed by atoms with van der Waals surface area (Å²) in [5, 5.41) is 12.1. The highest BCUT2D eigenvalue weighted by molar-refractivity contribution is 9.10. The summed E-state index contributed by atoms with van der Waals surface area (Å²) in [5.41, 5.74) is -0.290. The number of aliphatic hydroxyl groups is 1. The first-order valence-corrected chi connectivity index (χ1v) is 6.71. The maximum Gasteiger partial charge on any atom is 0.251 e. The van der Waals surface area contributed by atoms with E-state index in [1.807, 2.05) is 6.07 Å². The van der Waals surface area contributed by atoms with Crippen molar-refractivity contribution in [1.82, 2.24) is 10.2 Å². The largest absolute Gasteiger partial charge is 0.386 e. The predicted molar refractivity (Wildman–Crippen MR) is 73.7 cm³/mol. The highest BCUT2D eigenvalue weighted by Crippen LogP contribution is 2.19. The van der Waals surface area contributed by atoms with Crippen LogP contribution in [0.15, 0.2) is 28.7 Å². The number of carbonyl (C=O) groups is 2. The third-order valence-electron chi connectivity index (χ3n) is 2.90. The highest BCUT2D eigenvalue weighted by Gasteiger charge is 2.39. The molecule has 0 saturated carbocycles. The van der Waals surface area contributed by atoms with E-state index in [0.717, 1.165) is 4.47 Å². The minimum absolute atomic E-state index is 0.0541. The molecule has 5 nitrogen and oxygen atoms in total. The van der Waals surface area contributed by atoms with E-state index >= 15 is 0 Å². The van der Waals surface area contributed by atoms with Crippen LogP contribution < -0.4 is 5.32 Å². The molecule has 6 heteroatoms. The number of halogens is 1. The Kier molecular flexibility index (Phi) is 3.91. The first kappa shape index (κ1) is 14.0. The zero-order chi connectivity index (χ0) is 14.0. The molecule has 0 aliphatic carbocycles. The molecule has 0 unspecified atom stereocenters. The summed E-state index contributed by atoms with van der Waals surface area (Å²) in [7, 11) is 0. The monoisotopic (exact) mass is 326 g/mol. The van der Waals surface area contributed by atoms with Crippen molar-refractivity contribution in [2.45, 2.75) is 12.5 Å². The summed E-state index contributed by atoms with van der Waals surface area (Å²) in [4.78, 5) is 25.0. The molecule has 1 aromatic carbocycles. The van der Waals surface area contributed by atoms with Crippen molar-refractivity contribution in [3.05, 3.63) is 34.3 Å². The van der Waals surface area contributed by atoms with Crippen molar-refractivity contribution in [3.63, 3.8) is 0 Å². The Balaban J connectivity index is 1.83. The zero-order valence-electron chi connectivity index (χ0n) is 10.5. The lowest BCUT2D eigenvalue weighted by Gasteiger charge is -2.44. The fourth-order valence-corrected chi connectivity index (χ4v) is 2.35. The minimum Gasteiger partial charge on any atom is -0.386 e. The number of benzene rings is 1. The molecule has 0 spiro atoms. The van der Waals surface area contributed by atoms with Crippen molar-refractivity contribution in [3.8, 4) is 0 Å². The molecule has 1 aliphatic rings. The van der Waals surface area contributed by atoms with Gasteiger partial charge in [-0.3, -0.25) is 9.59 Å². The Labute approximate surface area is 119 Å². The first-order chi connectivity index (χ1) is 8.87. The first-order valence-electron chi connectivity index (χ1n) is 5.91. The van der Waals surface area contributed by atoms with Gasteiger partial charge in [-0.15, -0.1) is 0 Å². The van der Waals surface area contributed by atoms with Gasteiger partial charge in [-0.05, 0) is 25.1 Å². The van der Waals surface area contributed by atoms with Crippen LogP contribution in [0.4, 0.5) is 0 Å². The SMILES string of the molecule is CC1(O)CN(C(=O)CNC(=O)c2cccc(Br)c2)C1. The van der Waals surface area contributed by atoms with Gasteiger partial charge in [-0.25, -0.2) is 0 Å². The quantitative estimate of drug-likeness (QED) is 0.862. The van der Waals surface area contributed by atoms with E-state index in [9.17, 15) is 14.7 Å². The molecule has 102 valence electrons. The van der Waals surface area contributed by atoms with Gasteiger partial charge in [0.2, 0.25) is 5.91 Å². The van der Waals surface area contributed by atoms with Gasteiger partial charge in [-0.1, -0.05) is 22.0 Å². The molecule has 1 aliphatic heterocycles. The number of likely N-dealkylation sites (tertiary alicyclic amines) is 1. The normalized spacial score (nSPS) is 16.7. The topological polar surface area (TPSA) is 69.6 Å². The molecule has 0 bridgehead atoms. The maximum absolute atomic E-state index is 11.8. The van der Waals surface area contributed by atoms with Crippen molar-refractivity contribution in [1.29, 1.82) is 0 Å². The van der Waals surface area contributed by atoms with E-state index in [1.54, 1.807) is 25.1 Å². The number of hydrogen-bond acceptors (Lipinski definition) is 3. The van der Waals surface area contributed by atoms with E-state index in [1.165, 1.54) is 4.90 Å². The summed E-state index contributed by atoms with van der Waals surface area (Å²) >= 11 is 3.28. The van der Waals surface area contributed by atoms with Gasteiger partial charge in [-0.2, -0.15) is 0 Å². The van der Waals surface area contributed by atoms with Crippen LogP contribution in [0.25, 0.3) is 0 Å². The average Bonchev–Trinajstić information content (AvgIpc) is 2.32. The van der Waals surface area contributed by atoms with Crippen LogP contribution in [0.1, 0.15) is 17.3 Å². The number of hydrogen-bond donors (Lipinski definition) is 2. The van der Waals surface area contributed by atoms with Crippen molar-refractivity contribution in [2.24, 2.45) is 0 Å². The minimum atomic E-state index is -0.788. The number of amides is 2. The van der Waals surface area contributed by atoms with Crippen LogP contribution in [0, 0.1) is 0 Å². The summed E-state index contributed by atoms with van der Waals surface area (Å²) in [6, 6.07) is 6.95. The third-order valence-corrected chi connectivity index (χ3v) is 3.40. The van der Waals surface area contributed by atoms with Gasteiger partial charge in [0.05, 0.1) is 25.2 Å². The molecule has 1 heterocycles. The summed E-state index contributed by atoms with van der Waals surface area (Å²) in [6.45, 7) is 2.26. The van der Waals surface area contributed by atoms with E-state index in [4.69, 9.17) is 0 Å². The lowest BCUT2D eigenvalue weighted by molar-refractivity contribution is -0.151. The molecule has 0 atom stereocenters. The number of rotatable bonds is 3. The maximum atomic E-state index is 11.8. The number of nitrogens with zero attached hydrogens (tertiary/aromatic N) is 1. The van der Waals surface area contributed by atoms with Crippen LogP contribution >= 0.6 is 15.9 Å². The molecule has 2 N–H and O–H groups in total. The Bertz CT molecular complexity index is 508. The average molecular weight is 327 g/mol. The standard InChI is InChI=1S/C13H15BrN2O3/c1-13(19)7-16(8-13)11(17)6-15-12(18)9-3-2-4-10(14)5-9/h2-5,19H,6-8H2,1H3,(H,15,18). The van der Waals surface area contributed by atoms with Crippen LogP contribution in [0.3, 0.4) is 0 Å². The van der Waals surface area contributed by atoms with Crippen LogP contribution in [0.5, 0.6) is 0 Å². The lowest BCUT2D eigenvalue weighted by atomic mass is 9.97. The van der Waals surface area contributed by atoms with Gasteiger partial charge in [0.15, 0.2) is 0 Å². The van der Waals surface area contributed by atoms with Crippen molar-refractivity contribution < 1.29 is 14.7 Å². The van der Waals surface area contributed by atoms with Gasteiger partial charge in [0, 0.05) is 10.0 Å². The molecule has 19 heavy (non-hydrogen) atoms. The Morgan fingerprint density at radius 3 is 2.74 bits per heavy atom. The molecule has 1 fully saturated rings. The smallest absolute Gasteiger partial charge is 0.251 e. The third kappa shape index (κ3) is 3.54. The van der Waals surface area contributed by atoms with E-state index in [0.29, 0.717) is 18.7 Å². The highest BCUT2D eigenvalue weighted by atomic mass is 79.9. The lowest BCUT2D eigenvalue weighted by Crippen LogP contribution is -2.63. The molecular formula is C13H15BrN2O3. The van der Waals surface area contributed by atoms with Crippen LogP contribution in [-0.2, 0) is 4.79 Å². The van der Waals surface area contributed by atoms with Gasteiger partial charge < -0.3 is 15.3 Å². The molecule has 2 amide bonds. The Morgan fingerprint density at radius 2 is 2.16 bits per heavy atom. The Hall–Kier alpha value is -1.40.